The summed E-state index contributed by atoms with van der Waals surface area (Å²) in [6.45, 7) is 3.79. The smallest absolute Gasteiger partial charge is 0.260 e. The summed E-state index contributed by atoms with van der Waals surface area (Å²) in [6, 6.07) is 7.54. The summed E-state index contributed by atoms with van der Waals surface area (Å²) in [5, 5.41) is 11.7. The summed E-state index contributed by atoms with van der Waals surface area (Å²) in [5.74, 6) is 2.01. The molecule has 0 unspecified atom stereocenters. The van der Waals surface area contributed by atoms with Crippen molar-refractivity contribution in [3.8, 4) is 0 Å². The predicted molar refractivity (Wildman–Crippen MR) is 104 cm³/mol. The van der Waals surface area contributed by atoms with Gasteiger partial charge >= 0.3 is 0 Å². The molecule has 28 heavy (non-hydrogen) atoms. The lowest BCUT2D eigenvalue weighted by Gasteiger charge is -2.34. The number of sulfonamides is 1. The molecule has 1 fully saturated rings. The summed E-state index contributed by atoms with van der Waals surface area (Å²) in [5.41, 5.74) is 1.08. The van der Waals surface area contributed by atoms with Crippen LogP contribution in [-0.2, 0) is 10.0 Å². The average molecular weight is 400 g/mol. The molecule has 1 saturated heterocycles. The fourth-order valence-electron chi connectivity index (χ4n) is 2.91. The Hall–Kier alpha value is -3.05. The van der Waals surface area contributed by atoms with E-state index in [1.807, 2.05) is 36.1 Å². The number of hydrogen-bond donors (Lipinski definition) is 2. The van der Waals surface area contributed by atoms with E-state index in [1.54, 1.807) is 6.20 Å². The topological polar surface area (TPSA) is 120 Å². The molecule has 0 amide bonds. The first kappa shape index (κ1) is 18.3. The van der Waals surface area contributed by atoms with Crippen molar-refractivity contribution in [2.45, 2.75) is 11.9 Å². The summed E-state index contributed by atoms with van der Waals surface area (Å²) in [6.07, 6.45) is 4.46. The number of pyridine rings is 1. The Morgan fingerprint density at radius 2 is 1.79 bits per heavy atom. The Morgan fingerprint density at radius 1 is 1.00 bits per heavy atom. The van der Waals surface area contributed by atoms with Gasteiger partial charge < -0.3 is 15.2 Å². The van der Waals surface area contributed by atoms with Crippen LogP contribution in [0.4, 0.5) is 17.5 Å². The van der Waals surface area contributed by atoms with E-state index in [2.05, 4.69) is 30.5 Å². The van der Waals surface area contributed by atoms with Crippen LogP contribution in [0, 0.1) is 6.92 Å². The maximum Gasteiger partial charge on any atom is 0.260 e. The van der Waals surface area contributed by atoms with Gasteiger partial charge in [-0.15, -0.1) is 10.2 Å². The highest BCUT2D eigenvalue weighted by Gasteiger charge is 2.29. The Kier molecular flexibility index (Phi) is 4.92. The number of imidazole rings is 1. The number of aryl methyl sites for hydroxylation is 1. The van der Waals surface area contributed by atoms with Crippen LogP contribution in [-0.4, -0.2) is 64.1 Å². The molecule has 0 radical (unpaired) electrons. The van der Waals surface area contributed by atoms with Crippen LogP contribution >= 0.6 is 0 Å². The fourth-order valence-corrected chi connectivity index (χ4v) is 4.23. The maximum absolute atomic E-state index is 12.5. The lowest BCUT2D eigenvalue weighted by atomic mass is 10.3. The van der Waals surface area contributed by atoms with Gasteiger partial charge in [-0.25, -0.2) is 18.4 Å². The second-order valence-corrected chi connectivity index (χ2v) is 8.34. The monoisotopic (exact) mass is 400 g/mol. The average Bonchev–Trinajstić information content (AvgIpc) is 3.26. The Labute approximate surface area is 162 Å². The Balaban J connectivity index is 1.38. The Bertz CT molecular complexity index is 1010. The van der Waals surface area contributed by atoms with Crippen LogP contribution in [0.2, 0.25) is 0 Å². The number of hydrogen-bond acceptors (Lipinski definition) is 8. The lowest BCUT2D eigenvalue weighted by Crippen LogP contribution is -2.49. The highest BCUT2D eigenvalue weighted by molar-refractivity contribution is 7.89. The number of anilines is 3. The van der Waals surface area contributed by atoms with E-state index >= 15 is 0 Å². The molecule has 11 heteroatoms. The van der Waals surface area contributed by atoms with Gasteiger partial charge in [0.15, 0.2) is 16.7 Å². The van der Waals surface area contributed by atoms with Crippen LogP contribution in [0.3, 0.4) is 0 Å². The summed E-state index contributed by atoms with van der Waals surface area (Å²) in [4.78, 5) is 12.7. The number of nitrogens with one attached hydrogen (secondary N) is 2. The number of aromatic amines is 1. The van der Waals surface area contributed by atoms with Crippen molar-refractivity contribution in [2.24, 2.45) is 0 Å². The normalized spacial score (nSPS) is 15.5. The van der Waals surface area contributed by atoms with Gasteiger partial charge in [-0.1, -0.05) is 6.07 Å². The first-order valence-electron chi connectivity index (χ1n) is 8.79. The van der Waals surface area contributed by atoms with Gasteiger partial charge in [0.1, 0.15) is 5.82 Å². The molecule has 2 N–H and O–H groups in total. The van der Waals surface area contributed by atoms with Gasteiger partial charge in [0.2, 0.25) is 0 Å². The van der Waals surface area contributed by atoms with E-state index < -0.39 is 10.0 Å². The molecule has 0 aromatic carbocycles. The van der Waals surface area contributed by atoms with Crippen molar-refractivity contribution in [3.63, 3.8) is 0 Å². The van der Waals surface area contributed by atoms with Gasteiger partial charge in [0, 0.05) is 32.4 Å². The molecule has 10 nitrogen and oxygen atoms in total. The molecule has 0 spiro atoms. The predicted octanol–water partition coefficient (Wildman–Crippen LogP) is 1.16. The zero-order valence-corrected chi connectivity index (χ0v) is 16.1. The van der Waals surface area contributed by atoms with Crippen molar-refractivity contribution in [3.05, 3.63) is 48.5 Å². The number of rotatable bonds is 5. The third kappa shape index (κ3) is 3.80. The highest BCUT2D eigenvalue weighted by Crippen LogP contribution is 2.19. The summed E-state index contributed by atoms with van der Waals surface area (Å²) < 4.78 is 26.5. The molecule has 0 bridgehead atoms. The van der Waals surface area contributed by atoms with Crippen molar-refractivity contribution < 1.29 is 8.42 Å². The molecule has 3 aromatic rings. The lowest BCUT2D eigenvalue weighted by molar-refractivity contribution is 0.382. The Morgan fingerprint density at radius 3 is 2.39 bits per heavy atom. The minimum absolute atomic E-state index is 0.112. The van der Waals surface area contributed by atoms with E-state index in [0.29, 0.717) is 43.6 Å². The molecule has 4 rings (SSSR count). The zero-order valence-electron chi connectivity index (χ0n) is 15.3. The number of nitrogens with zero attached hydrogens (tertiary/aromatic N) is 6. The molecular weight excluding hydrogens is 380 g/mol. The minimum Gasteiger partial charge on any atom is -0.352 e. The first-order chi connectivity index (χ1) is 13.5. The molecular formula is C17H20N8O2S. The number of aromatic nitrogens is 5. The van der Waals surface area contributed by atoms with E-state index in [-0.39, 0.29) is 5.03 Å². The van der Waals surface area contributed by atoms with Crippen LogP contribution in [0.15, 0.2) is 48.0 Å². The molecule has 146 valence electrons. The van der Waals surface area contributed by atoms with Crippen molar-refractivity contribution in [1.29, 1.82) is 0 Å². The van der Waals surface area contributed by atoms with Gasteiger partial charge in [0.25, 0.3) is 10.0 Å². The van der Waals surface area contributed by atoms with Gasteiger partial charge in [-0.05, 0) is 30.7 Å². The van der Waals surface area contributed by atoms with Crippen molar-refractivity contribution in [2.75, 3.05) is 36.4 Å². The second-order valence-electron chi connectivity index (χ2n) is 6.43. The quantitative estimate of drug-likeness (QED) is 0.655. The van der Waals surface area contributed by atoms with Gasteiger partial charge in [-0.2, -0.15) is 4.31 Å². The van der Waals surface area contributed by atoms with E-state index in [0.717, 1.165) is 5.56 Å². The number of H-pyrrole nitrogens is 1. The number of piperazine rings is 1. The molecule has 0 saturated carbocycles. The second kappa shape index (κ2) is 7.52. The molecule has 3 aromatic heterocycles. The van der Waals surface area contributed by atoms with Crippen LogP contribution < -0.4 is 10.2 Å². The molecule has 4 heterocycles. The van der Waals surface area contributed by atoms with E-state index in [9.17, 15) is 8.42 Å². The third-order valence-corrected chi connectivity index (χ3v) is 6.30. The molecule has 0 aliphatic carbocycles. The maximum atomic E-state index is 12.5. The highest BCUT2D eigenvalue weighted by atomic mass is 32.2. The fraction of sp³-hybridized carbons (Fsp3) is 0.294. The van der Waals surface area contributed by atoms with E-state index in [1.165, 1.54) is 16.8 Å². The third-order valence-electron chi connectivity index (χ3n) is 4.47. The standard InChI is InChI=1S/C17H20N8O2S/c1-13-2-3-14(19-10-13)21-15-4-5-16(23-22-15)24-6-8-25(9-7-24)28(26,27)17-11-18-12-20-17/h2-5,10-12H,6-9H2,1H3,(H,18,20)(H,19,21,22). The summed E-state index contributed by atoms with van der Waals surface area (Å²) in [7, 11) is -3.53. The largest absolute Gasteiger partial charge is 0.352 e. The molecule has 1 aliphatic heterocycles. The van der Waals surface area contributed by atoms with Crippen LogP contribution in [0.25, 0.3) is 0 Å². The molecule has 1 aliphatic rings. The SMILES string of the molecule is Cc1ccc(Nc2ccc(N3CCN(S(=O)(=O)c4cnc[nH]4)CC3)nn2)nc1. The van der Waals surface area contributed by atoms with Crippen LogP contribution in [0.1, 0.15) is 5.56 Å². The molecule has 0 atom stereocenters. The van der Waals surface area contributed by atoms with Crippen LogP contribution in [0.5, 0.6) is 0 Å². The van der Waals surface area contributed by atoms with Crippen molar-refractivity contribution in [1.82, 2.24) is 29.5 Å². The first-order valence-corrected chi connectivity index (χ1v) is 10.2. The van der Waals surface area contributed by atoms with E-state index in [4.69, 9.17) is 0 Å². The summed E-state index contributed by atoms with van der Waals surface area (Å²) >= 11 is 0. The van der Waals surface area contributed by atoms with Crippen molar-refractivity contribution >= 4 is 27.5 Å². The van der Waals surface area contributed by atoms with Gasteiger partial charge in [0.05, 0.1) is 12.5 Å². The minimum atomic E-state index is -3.53. The zero-order chi connectivity index (χ0) is 19.6. The van der Waals surface area contributed by atoms with Gasteiger partial charge in [-0.3, -0.25) is 0 Å².